The number of hydrogen-bond acceptors (Lipinski definition) is 3. The van der Waals surface area contributed by atoms with E-state index in [1.807, 2.05) is 6.92 Å². The monoisotopic (exact) mass is 224 g/mol. The number of aromatic nitrogens is 1. The highest BCUT2D eigenvalue weighted by atomic mass is 32.1. The summed E-state index contributed by atoms with van der Waals surface area (Å²) in [6.07, 6.45) is -1.48. The summed E-state index contributed by atoms with van der Waals surface area (Å²) in [7, 11) is 0. The number of halogens is 3. The predicted octanol–water partition coefficient (Wildman–Crippen LogP) is 3.37. The van der Waals surface area contributed by atoms with E-state index in [-0.39, 0.29) is 0 Å². The van der Waals surface area contributed by atoms with Crippen molar-refractivity contribution in [3.8, 4) is 0 Å². The summed E-state index contributed by atoms with van der Waals surface area (Å²) in [5, 5.41) is 3.18. The van der Waals surface area contributed by atoms with Crippen LogP contribution >= 0.6 is 11.3 Å². The molecule has 0 radical (unpaired) electrons. The minimum Gasteiger partial charge on any atom is -0.362 e. The fraction of sp³-hybridized carbons (Fsp3) is 0.625. The van der Waals surface area contributed by atoms with Gasteiger partial charge in [-0.2, -0.15) is 13.2 Å². The van der Waals surface area contributed by atoms with E-state index in [1.54, 1.807) is 0 Å². The fourth-order valence-corrected chi connectivity index (χ4v) is 1.57. The number of rotatable bonds is 4. The van der Waals surface area contributed by atoms with Crippen LogP contribution in [-0.4, -0.2) is 11.5 Å². The molecule has 0 aliphatic heterocycles. The molecule has 1 heterocycles. The van der Waals surface area contributed by atoms with Gasteiger partial charge in [-0.3, -0.25) is 0 Å². The quantitative estimate of drug-likeness (QED) is 0.793. The lowest BCUT2D eigenvalue weighted by molar-refractivity contribution is -0.134. The Hall–Kier alpha value is -0.780. The maximum Gasteiger partial charge on any atom is 0.427 e. The summed E-state index contributed by atoms with van der Waals surface area (Å²) < 4.78 is 36.4. The Labute approximate surface area is 84.2 Å². The van der Waals surface area contributed by atoms with Gasteiger partial charge in [-0.25, -0.2) is 4.98 Å². The van der Waals surface area contributed by atoms with Gasteiger partial charge in [-0.05, 0) is 6.42 Å². The van der Waals surface area contributed by atoms with E-state index in [0.29, 0.717) is 23.0 Å². The van der Waals surface area contributed by atoms with Gasteiger partial charge in [-0.15, -0.1) is 0 Å². The maximum atomic E-state index is 12.1. The van der Waals surface area contributed by atoms with Crippen LogP contribution in [0.15, 0.2) is 6.20 Å². The van der Waals surface area contributed by atoms with Crippen LogP contribution < -0.4 is 5.32 Å². The van der Waals surface area contributed by atoms with Gasteiger partial charge in [0.15, 0.2) is 5.13 Å². The van der Waals surface area contributed by atoms with Crippen LogP contribution in [0.3, 0.4) is 0 Å². The van der Waals surface area contributed by atoms with Crippen LogP contribution in [0.5, 0.6) is 0 Å². The Kier molecular flexibility index (Phi) is 3.74. The van der Waals surface area contributed by atoms with Gasteiger partial charge >= 0.3 is 6.18 Å². The van der Waals surface area contributed by atoms with E-state index in [9.17, 15) is 13.2 Å². The standard InChI is InChI=1S/C8H11F3N2S/c1-2-3-4-12-7-13-5-6(14-7)8(9,10)11/h5H,2-4H2,1H3,(H,12,13). The summed E-state index contributed by atoms with van der Waals surface area (Å²) >= 11 is 0.643. The van der Waals surface area contributed by atoms with Gasteiger partial charge in [0, 0.05) is 6.54 Å². The number of anilines is 1. The zero-order chi connectivity index (χ0) is 10.6. The lowest BCUT2D eigenvalue weighted by atomic mass is 10.3. The van der Waals surface area contributed by atoms with Crippen LogP contribution in [0.25, 0.3) is 0 Å². The van der Waals surface area contributed by atoms with Crippen LogP contribution in [0.2, 0.25) is 0 Å². The molecule has 0 bridgehead atoms. The summed E-state index contributed by atoms with van der Waals surface area (Å²) in [6.45, 7) is 2.69. The third-order valence-corrected chi connectivity index (χ3v) is 2.59. The van der Waals surface area contributed by atoms with Gasteiger partial charge < -0.3 is 5.32 Å². The van der Waals surface area contributed by atoms with E-state index in [4.69, 9.17) is 0 Å². The molecule has 1 rings (SSSR count). The molecule has 0 aromatic carbocycles. The molecule has 2 nitrogen and oxygen atoms in total. The minimum absolute atomic E-state index is 0.339. The van der Waals surface area contributed by atoms with Crippen molar-refractivity contribution in [2.24, 2.45) is 0 Å². The second kappa shape index (κ2) is 4.63. The summed E-state index contributed by atoms with van der Waals surface area (Å²) in [4.78, 5) is 2.99. The molecule has 0 aliphatic carbocycles. The minimum atomic E-state index is -4.28. The molecule has 0 fully saturated rings. The second-order valence-corrected chi connectivity index (χ2v) is 3.84. The van der Waals surface area contributed by atoms with Crippen molar-refractivity contribution >= 4 is 16.5 Å². The van der Waals surface area contributed by atoms with Crippen molar-refractivity contribution in [3.63, 3.8) is 0 Å². The van der Waals surface area contributed by atoms with Crippen LogP contribution in [-0.2, 0) is 6.18 Å². The number of nitrogens with one attached hydrogen (secondary N) is 1. The first kappa shape index (κ1) is 11.3. The number of nitrogens with zero attached hydrogens (tertiary/aromatic N) is 1. The molecule has 14 heavy (non-hydrogen) atoms. The van der Waals surface area contributed by atoms with Crippen molar-refractivity contribution in [2.75, 3.05) is 11.9 Å². The Bertz CT molecular complexity index is 282. The number of hydrogen-bond donors (Lipinski definition) is 1. The zero-order valence-electron chi connectivity index (χ0n) is 7.69. The molecule has 0 aliphatic rings. The molecular weight excluding hydrogens is 213 g/mol. The summed E-state index contributed by atoms with van der Waals surface area (Å²) in [5.41, 5.74) is 0. The second-order valence-electron chi connectivity index (χ2n) is 2.81. The summed E-state index contributed by atoms with van der Waals surface area (Å²) in [5.74, 6) is 0. The molecule has 0 saturated carbocycles. The summed E-state index contributed by atoms with van der Waals surface area (Å²) in [6, 6.07) is 0. The molecule has 0 atom stereocenters. The smallest absolute Gasteiger partial charge is 0.362 e. The first-order chi connectivity index (χ1) is 6.54. The van der Waals surface area contributed by atoms with Crippen LogP contribution in [0.1, 0.15) is 24.6 Å². The first-order valence-electron chi connectivity index (χ1n) is 4.31. The number of thiazole rings is 1. The molecule has 0 spiro atoms. The Morgan fingerprint density at radius 2 is 2.21 bits per heavy atom. The van der Waals surface area contributed by atoms with E-state index < -0.39 is 11.1 Å². The molecule has 1 N–H and O–H groups in total. The van der Waals surface area contributed by atoms with Gasteiger partial charge in [0.05, 0.1) is 6.20 Å². The van der Waals surface area contributed by atoms with E-state index >= 15 is 0 Å². The molecule has 0 amide bonds. The predicted molar refractivity (Wildman–Crippen MR) is 50.5 cm³/mol. The SMILES string of the molecule is CCCCNc1ncc(C(F)(F)F)s1. The molecule has 6 heteroatoms. The normalized spacial score (nSPS) is 11.7. The molecule has 0 unspecified atom stereocenters. The maximum absolute atomic E-state index is 12.1. The Balaban J connectivity index is 2.51. The van der Waals surface area contributed by atoms with Crippen molar-refractivity contribution in [3.05, 3.63) is 11.1 Å². The van der Waals surface area contributed by atoms with Crippen molar-refractivity contribution < 1.29 is 13.2 Å². The number of unbranched alkanes of at least 4 members (excludes halogenated alkanes) is 1. The largest absolute Gasteiger partial charge is 0.427 e. The third kappa shape index (κ3) is 3.17. The van der Waals surface area contributed by atoms with Crippen LogP contribution in [0, 0.1) is 0 Å². The van der Waals surface area contributed by atoms with Crippen molar-refractivity contribution in [1.29, 1.82) is 0 Å². The average molecular weight is 224 g/mol. The van der Waals surface area contributed by atoms with E-state index in [0.717, 1.165) is 19.0 Å². The lowest BCUT2D eigenvalue weighted by Crippen LogP contribution is -2.01. The van der Waals surface area contributed by atoms with Gasteiger partial charge in [0.1, 0.15) is 4.88 Å². The Morgan fingerprint density at radius 1 is 1.50 bits per heavy atom. The lowest BCUT2D eigenvalue weighted by Gasteiger charge is -2.01. The fourth-order valence-electron chi connectivity index (χ4n) is 0.859. The average Bonchev–Trinajstić information content (AvgIpc) is 2.52. The molecular formula is C8H11F3N2S. The highest BCUT2D eigenvalue weighted by molar-refractivity contribution is 7.15. The zero-order valence-corrected chi connectivity index (χ0v) is 8.50. The van der Waals surface area contributed by atoms with Crippen molar-refractivity contribution in [1.82, 2.24) is 4.98 Å². The van der Waals surface area contributed by atoms with E-state index in [2.05, 4.69) is 10.3 Å². The first-order valence-corrected chi connectivity index (χ1v) is 5.12. The van der Waals surface area contributed by atoms with Gasteiger partial charge in [0.25, 0.3) is 0 Å². The number of alkyl halides is 3. The van der Waals surface area contributed by atoms with E-state index in [1.165, 1.54) is 0 Å². The van der Waals surface area contributed by atoms with Crippen LogP contribution in [0.4, 0.5) is 18.3 Å². The highest BCUT2D eigenvalue weighted by Crippen LogP contribution is 2.34. The van der Waals surface area contributed by atoms with Crippen molar-refractivity contribution in [2.45, 2.75) is 25.9 Å². The topological polar surface area (TPSA) is 24.9 Å². The Morgan fingerprint density at radius 3 is 2.71 bits per heavy atom. The van der Waals surface area contributed by atoms with Gasteiger partial charge in [-0.1, -0.05) is 24.7 Å². The third-order valence-electron chi connectivity index (χ3n) is 1.59. The molecule has 0 saturated heterocycles. The van der Waals surface area contributed by atoms with Gasteiger partial charge in [0.2, 0.25) is 0 Å². The highest BCUT2D eigenvalue weighted by Gasteiger charge is 2.33. The molecule has 1 aromatic rings. The molecule has 80 valence electrons. The molecule has 1 aromatic heterocycles.